The molecule has 2 aromatic heterocycles. The Balaban J connectivity index is 1.39. The Kier molecular flexibility index (Phi) is 4.43. The average Bonchev–Trinajstić information content (AvgIpc) is 3.31. The van der Waals surface area contributed by atoms with E-state index in [0.717, 1.165) is 46.0 Å². The van der Waals surface area contributed by atoms with Gasteiger partial charge in [0.05, 0.1) is 17.8 Å². The van der Waals surface area contributed by atoms with Gasteiger partial charge in [0.2, 0.25) is 5.91 Å². The Morgan fingerprint density at radius 1 is 1.21 bits per heavy atom. The number of thiophene rings is 1. The highest BCUT2D eigenvalue weighted by atomic mass is 32.1. The summed E-state index contributed by atoms with van der Waals surface area (Å²) in [4.78, 5) is 32.2. The predicted molar refractivity (Wildman–Crippen MR) is 116 cm³/mol. The van der Waals surface area contributed by atoms with Crippen LogP contribution < -0.4 is 10.9 Å². The topological polar surface area (TPSA) is 64.0 Å². The van der Waals surface area contributed by atoms with Crippen molar-refractivity contribution in [2.45, 2.75) is 38.8 Å². The third kappa shape index (κ3) is 3.13. The number of benzene rings is 2. The lowest BCUT2D eigenvalue weighted by molar-refractivity contribution is -0.122. The highest BCUT2D eigenvalue weighted by Crippen LogP contribution is 2.34. The highest BCUT2D eigenvalue weighted by molar-refractivity contribution is 7.18. The molecule has 1 unspecified atom stereocenters. The van der Waals surface area contributed by atoms with Crippen LogP contribution >= 0.6 is 11.3 Å². The number of aryl methyl sites for hydroxylation is 2. The molecule has 5 rings (SSSR count). The van der Waals surface area contributed by atoms with Crippen LogP contribution in [0.4, 0.5) is 0 Å². The van der Waals surface area contributed by atoms with Gasteiger partial charge in [-0.2, -0.15) is 0 Å². The Morgan fingerprint density at radius 2 is 2.03 bits per heavy atom. The summed E-state index contributed by atoms with van der Waals surface area (Å²) in [5.41, 5.74) is 2.09. The van der Waals surface area contributed by atoms with Crippen molar-refractivity contribution in [1.29, 1.82) is 0 Å². The van der Waals surface area contributed by atoms with E-state index < -0.39 is 0 Å². The number of nitrogens with one attached hydrogen (secondary N) is 1. The third-order valence-electron chi connectivity index (χ3n) is 5.67. The molecule has 0 radical (unpaired) electrons. The van der Waals surface area contributed by atoms with Crippen LogP contribution in [-0.2, 0) is 24.2 Å². The first-order valence-corrected chi connectivity index (χ1v) is 10.7. The van der Waals surface area contributed by atoms with Crippen molar-refractivity contribution in [2.75, 3.05) is 0 Å². The van der Waals surface area contributed by atoms with Crippen molar-refractivity contribution in [3.05, 3.63) is 75.1 Å². The van der Waals surface area contributed by atoms with E-state index in [9.17, 15) is 9.59 Å². The van der Waals surface area contributed by atoms with Gasteiger partial charge < -0.3 is 5.32 Å². The molecule has 0 fully saturated rings. The maximum absolute atomic E-state index is 13.0. The number of amides is 1. The van der Waals surface area contributed by atoms with Gasteiger partial charge in [-0.25, -0.2) is 4.98 Å². The van der Waals surface area contributed by atoms with Crippen LogP contribution in [-0.4, -0.2) is 15.5 Å². The molecular formula is C23H21N3O2S. The minimum absolute atomic E-state index is 0.0263. The van der Waals surface area contributed by atoms with Gasteiger partial charge in [-0.15, -0.1) is 11.3 Å². The van der Waals surface area contributed by atoms with Gasteiger partial charge in [0.25, 0.3) is 5.56 Å². The summed E-state index contributed by atoms with van der Waals surface area (Å²) in [7, 11) is 0. The van der Waals surface area contributed by atoms with Crippen molar-refractivity contribution in [2.24, 2.45) is 0 Å². The van der Waals surface area contributed by atoms with Crippen molar-refractivity contribution < 1.29 is 4.79 Å². The van der Waals surface area contributed by atoms with Gasteiger partial charge in [-0.05, 0) is 48.1 Å². The maximum Gasteiger partial charge on any atom is 0.262 e. The number of nitrogens with zero attached hydrogens (tertiary/aromatic N) is 2. The van der Waals surface area contributed by atoms with E-state index in [1.165, 1.54) is 15.8 Å². The quantitative estimate of drug-likeness (QED) is 0.561. The average molecular weight is 404 g/mol. The molecule has 5 nitrogen and oxygen atoms in total. The Morgan fingerprint density at radius 3 is 2.93 bits per heavy atom. The second kappa shape index (κ2) is 7.12. The van der Waals surface area contributed by atoms with Gasteiger partial charge in [-0.3, -0.25) is 14.2 Å². The molecule has 0 saturated carbocycles. The van der Waals surface area contributed by atoms with Gasteiger partial charge >= 0.3 is 0 Å². The first kappa shape index (κ1) is 18.1. The van der Waals surface area contributed by atoms with Crippen molar-refractivity contribution in [3.8, 4) is 0 Å². The molecule has 2 aromatic carbocycles. The van der Waals surface area contributed by atoms with E-state index in [1.54, 1.807) is 11.3 Å². The summed E-state index contributed by atoms with van der Waals surface area (Å²) in [6.07, 6.45) is 4.55. The maximum atomic E-state index is 13.0. The molecule has 0 bridgehead atoms. The van der Waals surface area contributed by atoms with Crippen LogP contribution in [0, 0.1) is 0 Å². The molecule has 146 valence electrons. The predicted octanol–water partition coefficient (Wildman–Crippen LogP) is 3.98. The number of rotatable bonds is 4. The fraction of sp³-hybridized carbons (Fsp3) is 0.261. The number of aromatic nitrogens is 2. The SMILES string of the molecule is CC(NC(=O)Cn1cnc2sc3c(c2c1=O)CCC3)c1cccc2ccccc12. The van der Waals surface area contributed by atoms with Gasteiger partial charge in [0.15, 0.2) is 0 Å². The second-order valence-electron chi connectivity index (χ2n) is 7.57. The molecule has 0 spiro atoms. The van der Waals surface area contributed by atoms with Crippen LogP contribution in [0.25, 0.3) is 21.0 Å². The molecular weight excluding hydrogens is 382 g/mol. The number of carbonyl (C=O) groups excluding carboxylic acids is 1. The number of hydrogen-bond donors (Lipinski definition) is 1. The highest BCUT2D eigenvalue weighted by Gasteiger charge is 2.22. The molecule has 4 aromatic rings. The summed E-state index contributed by atoms with van der Waals surface area (Å²) in [6.45, 7) is 1.94. The fourth-order valence-corrected chi connectivity index (χ4v) is 5.50. The lowest BCUT2D eigenvalue weighted by Crippen LogP contribution is -2.34. The minimum Gasteiger partial charge on any atom is -0.348 e. The largest absolute Gasteiger partial charge is 0.348 e. The van der Waals surface area contributed by atoms with E-state index in [-0.39, 0.29) is 24.1 Å². The molecule has 1 amide bonds. The van der Waals surface area contributed by atoms with Crippen LogP contribution in [0.5, 0.6) is 0 Å². The first-order valence-electron chi connectivity index (χ1n) is 9.88. The molecule has 1 N–H and O–H groups in total. The smallest absolute Gasteiger partial charge is 0.262 e. The standard InChI is InChI=1S/C23H21N3O2S/c1-14(16-9-4-7-15-6-2-3-8-17(15)16)25-20(27)12-26-13-24-22-21(23(26)28)18-10-5-11-19(18)29-22/h2-4,6-9,13-14H,5,10-12H2,1H3,(H,25,27). The Labute approximate surface area is 172 Å². The monoisotopic (exact) mass is 403 g/mol. The second-order valence-corrected chi connectivity index (χ2v) is 8.66. The lowest BCUT2D eigenvalue weighted by Gasteiger charge is -2.17. The summed E-state index contributed by atoms with van der Waals surface area (Å²) in [5, 5.41) is 6.01. The van der Waals surface area contributed by atoms with Gasteiger partial charge in [-0.1, -0.05) is 42.5 Å². The molecule has 1 aliphatic carbocycles. The van der Waals surface area contributed by atoms with Crippen LogP contribution in [0.3, 0.4) is 0 Å². The summed E-state index contributed by atoms with van der Waals surface area (Å²) in [6, 6.07) is 14.1. The van der Waals surface area contributed by atoms with E-state index in [1.807, 2.05) is 31.2 Å². The molecule has 1 atom stereocenters. The van der Waals surface area contributed by atoms with Crippen LogP contribution in [0.15, 0.2) is 53.6 Å². The zero-order valence-corrected chi connectivity index (χ0v) is 17.0. The molecule has 1 aliphatic rings. The molecule has 6 heteroatoms. The molecule has 0 aliphatic heterocycles. The summed E-state index contributed by atoms with van der Waals surface area (Å²) >= 11 is 1.61. The number of carbonyl (C=O) groups is 1. The molecule has 29 heavy (non-hydrogen) atoms. The fourth-order valence-electron chi connectivity index (χ4n) is 4.28. The van der Waals surface area contributed by atoms with Crippen LogP contribution in [0.2, 0.25) is 0 Å². The van der Waals surface area contributed by atoms with E-state index in [0.29, 0.717) is 5.39 Å². The normalized spacial score (nSPS) is 14.2. The van der Waals surface area contributed by atoms with E-state index >= 15 is 0 Å². The van der Waals surface area contributed by atoms with Crippen molar-refractivity contribution in [3.63, 3.8) is 0 Å². The zero-order valence-electron chi connectivity index (χ0n) is 16.1. The third-order valence-corrected chi connectivity index (χ3v) is 6.87. The van der Waals surface area contributed by atoms with Gasteiger partial charge in [0.1, 0.15) is 11.4 Å². The number of hydrogen-bond acceptors (Lipinski definition) is 4. The molecule has 0 saturated heterocycles. The van der Waals surface area contributed by atoms with Crippen molar-refractivity contribution in [1.82, 2.24) is 14.9 Å². The van der Waals surface area contributed by atoms with E-state index in [4.69, 9.17) is 0 Å². The Hall–Kier alpha value is -2.99. The lowest BCUT2D eigenvalue weighted by atomic mass is 10.00. The van der Waals surface area contributed by atoms with Crippen LogP contribution in [0.1, 0.15) is 35.4 Å². The summed E-state index contributed by atoms with van der Waals surface area (Å²) < 4.78 is 1.43. The molecule has 2 heterocycles. The first-order chi connectivity index (χ1) is 14.1. The minimum atomic E-state index is -0.194. The van der Waals surface area contributed by atoms with Crippen molar-refractivity contribution >= 4 is 38.2 Å². The van der Waals surface area contributed by atoms with E-state index in [2.05, 4.69) is 28.5 Å². The summed E-state index contributed by atoms with van der Waals surface area (Å²) in [5.74, 6) is -0.194. The Bertz CT molecular complexity index is 1300. The van der Waals surface area contributed by atoms with Gasteiger partial charge in [0, 0.05) is 4.88 Å². The zero-order chi connectivity index (χ0) is 20.0. The number of fused-ring (bicyclic) bond motifs is 4.